The van der Waals surface area contributed by atoms with Gasteiger partial charge in [0.25, 0.3) is 0 Å². The summed E-state index contributed by atoms with van der Waals surface area (Å²) in [6, 6.07) is 2.46. The highest BCUT2D eigenvalue weighted by Gasteiger charge is 2.07. The van der Waals surface area contributed by atoms with E-state index in [0.717, 1.165) is 0 Å². The lowest BCUT2D eigenvalue weighted by atomic mass is 10.3. The molecule has 0 nitrogen and oxygen atoms in total. The Kier molecular flexibility index (Phi) is 3.40. The summed E-state index contributed by atoms with van der Waals surface area (Å²) in [5.41, 5.74) is 0. The number of hydrogen-bond donors (Lipinski definition) is 0. The van der Waals surface area contributed by atoms with Crippen LogP contribution in [-0.4, -0.2) is 12.5 Å². The predicted octanol–water partition coefficient (Wildman–Crippen LogP) is 3.41. The highest BCUT2D eigenvalue weighted by molar-refractivity contribution is 7.99. The van der Waals surface area contributed by atoms with E-state index >= 15 is 0 Å². The molecule has 66 valence electrons. The van der Waals surface area contributed by atoms with Crippen molar-refractivity contribution in [3.63, 3.8) is 0 Å². The molecule has 0 bridgehead atoms. The summed E-state index contributed by atoms with van der Waals surface area (Å²) < 4.78 is 26.0. The maximum absolute atomic E-state index is 13.0. The number of thioether (sulfide) groups is 2. The standard InChI is InChI=1S/C8H8F2S2/c1-11-7-3-6(10)8(12-2)4-5(7)9/h3-4H,1-2H3. The van der Waals surface area contributed by atoms with Gasteiger partial charge in [0.1, 0.15) is 11.6 Å². The molecule has 0 atom stereocenters. The molecular weight excluding hydrogens is 198 g/mol. The van der Waals surface area contributed by atoms with Gasteiger partial charge in [-0.25, -0.2) is 8.78 Å². The fourth-order valence-corrected chi connectivity index (χ4v) is 1.77. The van der Waals surface area contributed by atoms with E-state index in [1.54, 1.807) is 12.5 Å². The Hall–Kier alpha value is -0.220. The average molecular weight is 206 g/mol. The monoisotopic (exact) mass is 206 g/mol. The van der Waals surface area contributed by atoms with Gasteiger partial charge < -0.3 is 0 Å². The summed E-state index contributed by atoms with van der Waals surface area (Å²) in [5.74, 6) is -0.707. The topological polar surface area (TPSA) is 0 Å². The molecule has 4 heteroatoms. The summed E-state index contributed by atoms with van der Waals surface area (Å²) in [6.45, 7) is 0. The van der Waals surface area contributed by atoms with E-state index in [2.05, 4.69) is 0 Å². The first-order valence-electron chi connectivity index (χ1n) is 3.26. The largest absolute Gasteiger partial charge is 0.206 e. The minimum Gasteiger partial charge on any atom is -0.206 e. The third-order valence-electron chi connectivity index (χ3n) is 1.43. The smallest absolute Gasteiger partial charge is 0.138 e. The Labute approximate surface area is 78.7 Å². The van der Waals surface area contributed by atoms with Crippen molar-refractivity contribution in [3.05, 3.63) is 23.8 Å². The van der Waals surface area contributed by atoms with Gasteiger partial charge >= 0.3 is 0 Å². The molecule has 0 saturated carbocycles. The molecule has 0 aromatic heterocycles. The predicted molar refractivity (Wildman–Crippen MR) is 49.9 cm³/mol. The quantitative estimate of drug-likeness (QED) is 0.680. The van der Waals surface area contributed by atoms with Gasteiger partial charge in [0.2, 0.25) is 0 Å². The van der Waals surface area contributed by atoms with Crippen LogP contribution >= 0.6 is 23.5 Å². The van der Waals surface area contributed by atoms with Crippen LogP contribution in [0.2, 0.25) is 0 Å². The van der Waals surface area contributed by atoms with E-state index in [1.807, 2.05) is 0 Å². The summed E-state index contributed by atoms with van der Waals surface area (Å²) in [7, 11) is 0. The lowest BCUT2D eigenvalue weighted by Gasteiger charge is -2.02. The first-order valence-corrected chi connectivity index (χ1v) is 5.71. The molecule has 0 fully saturated rings. The molecule has 1 rings (SSSR count). The van der Waals surface area contributed by atoms with Crippen molar-refractivity contribution in [1.29, 1.82) is 0 Å². The maximum atomic E-state index is 13.0. The first-order chi connectivity index (χ1) is 5.69. The van der Waals surface area contributed by atoms with Crippen LogP contribution in [0.25, 0.3) is 0 Å². The molecule has 0 aliphatic carbocycles. The van der Waals surface area contributed by atoms with Crippen LogP contribution < -0.4 is 0 Å². The van der Waals surface area contributed by atoms with E-state index < -0.39 is 0 Å². The molecule has 0 N–H and O–H groups in total. The van der Waals surface area contributed by atoms with Crippen molar-refractivity contribution in [2.75, 3.05) is 12.5 Å². The van der Waals surface area contributed by atoms with Gasteiger partial charge in [-0.3, -0.25) is 0 Å². The molecule has 0 aliphatic rings. The van der Waals surface area contributed by atoms with E-state index in [4.69, 9.17) is 0 Å². The van der Waals surface area contributed by atoms with Gasteiger partial charge in [0.05, 0.1) is 0 Å². The normalized spacial score (nSPS) is 10.3. The summed E-state index contributed by atoms with van der Waals surface area (Å²) in [4.78, 5) is 0.704. The Balaban J connectivity index is 3.16. The number of halogens is 2. The molecular formula is C8H8F2S2. The molecule has 12 heavy (non-hydrogen) atoms. The maximum Gasteiger partial charge on any atom is 0.138 e. The van der Waals surface area contributed by atoms with Gasteiger partial charge in [-0.1, -0.05) is 0 Å². The second-order valence-electron chi connectivity index (χ2n) is 2.12. The second-order valence-corrected chi connectivity index (χ2v) is 3.82. The Morgan fingerprint density at radius 1 is 0.917 bits per heavy atom. The lowest BCUT2D eigenvalue weighted by Crippen LogP contribution is -1.86. The highest BCUT2D eigenvalue weighted by atomic mass is 32.2. The third-order valence-corrected chi connectivity index (χ3v) is 2.93. The molecule has 0 radical (unpaired) electrons. The van der Waals surface area contributed by atoms with Gasteiger partial charge in [0, 0.05) is 9.79 Å². The number of benzene rings is 1. The van der Waals surface area contributed by atoms with Crippen molar-refractivity contribution in [2.24, 2.45) is 0 Å². The zero-order chi connectivity index (χ0) is 9.14. The van der Waals surface area contributed by atoms with Crippen molar-refractivity contribution in [3.8, 4) is 0 Å². The van der Waals surface area contributed by atoms with Crippen LogP contribution in [0.15, 0.2) is 21.9 Å². The van der Waals surface area contributed by atoms with Crippen LogP contribution in [0.1, 0.15) is 0 Å². The van der Waals surface area contributed by atoms with Crippen molar-refractivity contribution in [2.45, 2.75) is 9.79 Å². The third kappa shape index (κ3) is 1.93. The van der Waals surface area contributed by atoms with Crippen molar-refractivity contribution < 1.29 is 8.78 Å². The van der Waals surface area contributed by atoms with E-state index in [0.29, 0.717) is 9.79 Å². The van der Waals surface area contributed by atoms with Crippen LogP contribution in [0.4, 0.5) is 8.78 Å². The van der Waals surface area contributed by atoms with E-state index in [-0.39, 0.29) is 11.6 Å². The van der Waals surface area contributed by atoms with Crippen LogP contribution in [0.5, 0.6) is 0 Å². The SMILES string of the molecule is CSc1cc(F)c(SC)cc1F. The van der Waals surface area contributed by atoms with E-state index in [9.17, 15) is 8.78 Å². The van der Waals surface area contributed by atoms with E-state index in [1.165, 1.54) is 35.7 Å². The van der Waals surface area contributed by atoms with Gasteiger partial charge in [-0.05, 0) is 24.6 Å². The first kappa shape index (κ1) is 9.86. The van der Waals surface area contributed by atoms with Gasteiger partial charge in [0.15, 0.2) is 0 Å². The number of hydrogen-bond acceptors (Lipinski definition) is 2. The molecule has 0 spiro atoms. The molecule has 1 aromatic carbocycles. The van der Waals surface area contributed by atoms with Crippen LogP contribution in [0, 0.1) is 11.6 Å². The summed E-state index contributed by atoms with van der Waals surface area (Å²) >= 11 is 2.41. The molecule has 1 aromatic rings. The fraction of sp³-hybridized carbons (Fsp3) is 0.250. The van der Waals surface area contributed by atoms with Crippen LogP contribution in [-0.2, 0) is 0 Å². The Morgan fingerprint density at radius 3 is 1.50 bits per heavy atom. The lowest BCUT2D eigenvalue weighted by molar-refractivity contribution is 0.558. The highest BCUT2D eigenvalue weighted by Crippen LogP contribution is 2.27. The number of rotatable bonds is 2. The minimum absolute atomic E-state index is 0.352. The molecule has 0 heterocycles. The average Bonchev–Trinajstić information content (AvgIpc) is 2.08. The van der Waals surface area contributed by atoms with Crippen molar-refractivity contribution >= 4 is 23.5 Å². The molecule has 0 unspecified atom stereocenters. The van der Waals surface area contributed by atoms with Crippen molar-refractivity contribution in [1.82, 2.24) is 0 Å². The Morgan fingerprint density at radius 2 is 1.25 bits per heavy atom. The van der Waals surface area contributed by atoms with Gasteiger partial charge in [-0.2, -0.15) is 0 Å². The molecule has 0 aliphatic heterocycles. The minimum atomic E-state index is -0.353. The summed E-state index contributed by atoms with van der Waals surface area (Å²) in [5, 5.41) is 0. The fourth-order valence-electron chi connectivity index (χ4n) is 0.823. The summed E-state index contributed by atoms with van der Waals surface area (Å²) in [6.07, 6.45) is 3.44. The molecule has 0 saturated heterocycles. The molecule has 0 amide bonds. The zero-order valence-corrected chi connectivity index (χ0v) is 8.36. The Bertz CT molecular complexity index is 257. The van der Waals surface area contributed by atoms with Gasteiger partial charge in [-0.15, -0.1) is 23.5 Å². The second kappa shape index (κ2) is 4.14. The van der Waals surface area contributed by atoms with Crippen LogP contribution in [0.3, 0.4) is 0 Å². The zero-order valence-electron chi connectivity index (χ0n) is 6.73.